The first-order chi connectivity index (χ1) is 13.2. The van der Waals surface area contributed by atoms with Gasteiger partial charge >= 0.3 is 6.03 Å². The zero-order valence-corrected chi connectivity index (χ0v) is 16.4. The molecule has 1 atom stereocenters. The van der Waals surface area contributed by atoms with E-state index >= 15 is 0 Å². The van der Waals surface area contributed by atoms with Gasteiger partial charge in [0, 0.05) is 26.2 Å². The number of nitrogens with zero attached hydrogens (tertiary/aromatic N) is 3. The number of hydrogen-bond donors (Lipinski definition) is 1. The zero-order chi connectivity index (χ0) is 20.1. The summed E-state index contributed by atoms with van der Waals surface area (Å²) in [5, 5.41) is 2.81. The van der Waals surface area contributed by atoms with Gasteiger partial charge in [-0.1, -0.05) is 0 Å². The molecule has 2 aliphatic heterocycles. The molecule has 2 saturated heterocycles. The van der Waals surface area contributed by atoms with E-state index in [4.69, 9.17) is 0 Å². The van der Waals surface area contributed by atoms with Crippen LogP contribution in [-0.4, -0.2) is 72.8 Å². The number of imide groups is 1. The quantitative estimate of drug-likeness (QED) is 0.726. The Kier molecular flexibility index (Phi) is 4.67. The molecule has 1 N–H and O–H groups in total. The smallest absolute Gasteiger partial charge is 0.323 e. The Morgan fingerprint density at radius 1 is 1.11 bits per heavy atom. The summed E-state index contributed by atoms with van der Waals surface area (Å²) in [7, 11) is -3.69. The van der Waals surface area contributed by atoms with E-state index in [1.807, 2.05) is 4.90 Å². The molecule has 0 radical (unpaired) electrons. The van der Waals surface area contributed by atoms with Crippen molar-refractivity contribution < 1.29 is 22.4 Å². The number of rotatable bonds is 5. The maximum Gasteiger partial charge on any atom is 0.326 e. The van der Waals surface area contributed by atoms with E-state index < -0.39 is 21.4 Å². The van der Waals surface area contributed by atoms with Crippen molar-refractivity contribution >= 4 is 22.0 Å². The van der Waals surface area contributed by atoms with Crippen molar-refractivity contribution in [2.75, 3.05) is 32.8 Å². The van der Waals surface area contributed by atoms with Crippen LogP contribution in [0.4, 0.5) is 9.18 Å². The van der Waals surface area contributed by atoms with E-state index in [9.17, 15) is 22.4 Å². The lowest BCUT2D eigenvalue weighted by Crippen LogP contribution is -2.53. The van der Waals surface area contributed by atoms with Gasteiger partial charge in [-0.05, 0) is 49.9 Å². The maximum absolute atomic E-state index is 13.1. The van der Waals surface area contributed by atoms with Gasteiger partial charge in [-0.25, -0.2) is 22.5 Å². The molecule has 1 aliphatic carbocycles. The fourth-order valence-electron chi connectivity index (χ4n) is 3.85. The second kappa shape index (κ2) is 6.78. The minimum atomic E-state index is -3.69. The Morgan fingerprint density at radius 2 is 1.71 bits per heavy atom. The monoisotopic (exact) mass is 410 g/mol. The molecule has 0 unspecified atom stereocenters. The van der Waals surface area contributed by atoms with Crippen molar-refractivity contribution in [3.63, 3.8) is 0 Å². The summed E-state index contributed by atoms with van der Waals surface area (Å²) in [6.45, 7) is 3.21. The standard InChI is InChI=1S/C18H23FN4O4S/c1-18(13-2-3-13)16(24)23(17(25)20-18)12-21-8-10-22(11-9-21)28(26,27)15-6-4-14(19)5-7-15/h4-7,13H,2-3,8-12H2,1H3,(H,20,25)/t18-/m0/s1. The van der Waals surface area contributed by atoms with Crippen LogP contribution in [0, 0.1) is 11.7 Å². The molecule has 0 aromatic heterocycles. The van der Waals surface area contributed by atoms with Crippen LogP contribution in [0.3, 0.4) is 0 Å². The van der Waals surface area contributed by atoms with E-state index in [0.29, 0.717) is 13.1 Å². The number of halogens is 1. The van der Waals surface area contributed by atoms with E-state index in [2.05, 4.69) is 5.32 Å². The van der Waals surface area contributed by atoms with E-state index in [1.165, 1.54) is 21.3 Å². The minimum Gasteiger partial charge on any atom is -0.323 e. The molecule has 3 aliphatic rings. The predicted octanol–water partition coefficient (Wildman–Crippen LogP) is 0.810. The van der Waals surface area contributed by atoms with Crippen molar-refractivity contribution in [3.05, 3.63) is 30.1 Å². The number of amides is 3. The number of piperazine rings is 1. The average Bonchev–Trinajstić information content (AvgIpc) is 3.49. The van der Waals surface area contributed by atoms with Gasteiger partial charge in [0.2, 0.25) is 10.0 Å². The molecular weight excluding hydrogens is 387 g/mol. The summed E-state index contributed by atoms with van der Waals surface area (Å²) in [4.78, 5) is 28.2. The highest BCUT2D eigenvalue weighted by Crippen LogP contribution is 2.42. The summed E-state index contributed by atoms with van der Waals surface area (Å²) in [6.07, 6.45) is 1.88. The summed E-state index contributed by atoms with van der Waals surface area (Å²) in [5.74, 6) is -0.497. The molecule has 28 heavy (non-hydrogen) atoms. The molecule has 0 spiro atoms. The third kappa shape index (κ3) is 3.29. The first kappa shape index (κ1) is 19.3. The van der Waals surface area contributed by atoms with Crippen molar-refractivity contribution in [1.82, 2.24) is 19.4 Å². The van der Waals surface area contributed by atoms with Gasteiger partial charge in [0.15, 0.2) is 0 Å². The molecule has 4 rings (SSSR count). The summed E-state index contributed by atoms with van der Waals surface area (Å²) >= 11 is 0. The van der Waals surface area contributed by atoms with E-state index in [-0.39, 0.29) is 42.5 Å². The number of benzene rings is 1. The topological polar surface area (TPSA) is 90.0 Å². The summed E-state index contributed by atoms with van der Waals surface area (Å²) < 4.78 is 39.8. The van der Waals surface area contributed by atoms with Crippen LogP contribution in [0.1, 0.15) is 19.8 Å². The van der Waals surface area contributed by atoms with Crippen LogP contribution in [0.25, 0.3) is 0 Å². The van der Waals surface area contributed by atoms with Gasteiger partial charge in [0.25, 0.3) is 5.91 Å². The van der Waals surface area contributed by atoms with Crippen LogP contribution in [0.5, 0.6) is 0 Å². The molecule has 152 valence electrons. The Hall–Kier alpha value is -2.04. The fourth-order valence-corrected chi connectivity index (χ4v) is 5.27. The Bertz CT molecular complexity index is 895. The number of hydrogen-bond acceptors (Lipinski definition) is 5. The molecule has 1 saturated carbocycles. The Balaban J connectivity index is 1.37. The average molecular weight is 410 g/mol. The van der Waals surface area contributed by atoms with Gasteiger partial charge in [-0.2, -0.15) is 4.31 Å². The van der Waals surface area contributed by atoms with Crippen LogP contribution in [0.15, 0.2) is 29.2 Å². The van der Waals surface area contributed by atoms with Gasteiger partial charge < -0.3 is 5.32 Å². The lowest BCUT2D eigenvalue weighted by atomic mass is 9.96. The normalized spacial score (nSPS) is 27.3. The van der Waals surface area contributed by atoms with E-state index in [1.54, 1.807) is 6.92 Å². The number of carbonyl (C=O) groups excluding carboxylic acids is 2. The third-order valence-corrected chi connectivity index (χ3v) is 7.73. The van der Waals surface area contributed by atoms with Crippen LogP contribution in [-0.2, 0) is 14.8 Å². The lowest BCUT2D eigenvalue weighted by molar-refractivity contribution is -0.133. The molecule has 10 heteroatoms. The van der Waals surface area contributed by atoms with Crippen LogP contribution < -0.4 is 5.32 Å². The highest BCUT2D eigenvalue weighted by atomic mass is 32.2. The molecule has 8 nitrogen and oxygen atoms in total. The third-order valence-electron chi connectivity index (χ3n) is 5.82. The minimum absolute atomic E-state index is 0.0525. The predicted molar refractivity (Wildman–Crippen MR) is 98.1 cm³/mol. The van der Waals surface area contributed by atoms with Crippen molar-refractivity contribution in [1.29, 1.82) is 0 Å². The molecule has 3 fully saturated rings. The van der Waals surface area contributed by atoms with Crippen molar-refractivity contribution in [3.8, 4) is 0 Å². The van der Waals surface area contributed by atoms with Gasteiger partial charge in [0.1, 0.15) is 11.4 Å². The van der Waals surface area contributed by atoms with Crippen molar-refractivity contribution in [2.45, 2.75) is 30.2 Å². The molecular formula is C18H23FN4O4S. The van der Waals surface area contributed by atoms with Crippen molar-refractivity contribution in [2.24, 2.45) is 5.92 Å². The largest absolute Gasteiger partial charge is 0.326 e. The Morgan fingerprint density at radius 3 is 2.29 bits per heavy atom. The number of sulfonamides is 1. The fraction of sp³-hybridized carbons (Fsp3) is 0.556. The van der Waals surface area contributed by atoms with Crippen LogP contribution in [0.2, 0.25) is 0 Å². The Labute approximate surface area is 163 Å². The highest BCUT2D eigenvalue weighted by Gasteiger charge is 2.56. The number of nitrogens with one attached hydrogen (secondary N) is 1. The molecule has 1 aromatic carbocycles. The van der Waals surface area contributed by atoms with E-state index in [0.717, 1.165) is 25.0 Å². The molecule has 3 amide bonds. The SMILES string of the molecule is C[C@@]1(C2CC2)NC(=O)N(CN2CCN(S(=O)(=O)c3ccc(F)cc3)CC2)C1=O. The van der Waals surface area contributed by atoms with Crippen LogP contribution >= 0.6 is 0 Å². The highest BCUT2D eigenvalue weighted by molar-refractivity contribution is 7.89. The molecule has 2 heterocycles. The molecule has 0 bridgehead atoms. The first-order valence-corrected chi connectivity index (χ1v) is 10.8. The second-order valence-electron chi connectivity index (χ2n) is 7.76. The summed E-state index contributed by atoms with van der Waals surface area (Å²) in [5.41, 5.74) is -0.815. The zero-order valence-electron chi connectivity index (χ0n) is 15.6. The number of carbonyl (C=O) groups is 2. The maximum atomic E-state index is 13.1. The van der Waals surface area contributed by atoms with Gasteiger partial charge in [-0.15, -0.1) is 0 Å². The van der Waals surface area contributed by atoms with Gasteiger partial charge in [0.05, 0.1) is 11.6 Å². The number of urea groups is 1. The van der Waals surface area contributed by atoms with Gasteiger partial charge in [-0.3, -0.25) is 9.69 Å². The second-order valence-corrected chi connectivity index (χ2v) is 9.70. The lowest BCUT2D eigenvalue weighted by Gasteiger charge is -2.35. The first-order valence-electron chi connectivity index (χ1n) is 9.34. The summed E-state index contributed by atoms with van der Waals surface area (Å²) in [6, 6.07) is 4.36. The molecule has 1 aromatic rings.